The van der Waals surface area contributed by atoms with E-state index in [-0.39, 0.29) is 0 Å². The van der Waals surface area contributed by atoms with Gasteiger partial charge in [0.05, 0.1) is 5.69 Å². The molecule has 21 aromatic carbocycles. The Hall–Kier alpha value is -16.3. The number of hydrogen-bond donors (Lipinski definition) is 0. The number of aryl methyl sites for hydroxylation is 3. The Labute approximate surface area is 842 Å². The highest BCUT2D eigenvalue weighted by Crippen LogP contribution is 2.53. The number of nitrogens with zero attached hydrogens (tertiary/aromatic N) is 6. The molecule has 12 heteroatoms. The van der Waals surface area contributed by atoms with E-state index in [1.165, 1.54) is 166 Å². The molecule has 6 heterocycles. The first-order valence-electron chi connectivity index (χ1n) is 47.6. The van der Waals surface area contributed by atoms with Crippen molar-refractivity contribution >= 4 is 291 Å². The van der Waals surface area contributed by atoms with Crippen LogP contribution >= 0.6 is 68.0 Å². The summed E-state index contributed by atoms with van der Waals surface area (Å²) in [4.78, 5) is 14.3. The molecule has 0 atom stereocenters. The molecule has 0 spiro atoms. The van der Waals surface area contributed by atoms with Crippen molar-refractivity contribution in [3.8, 4) is 0 Å². The first-order valence-corrected chi connectivity index (χ1v) is 52.4. The molecule has 0 amide bonds. The van der Waals surface area contributed by atoms with Gasteiger partial charge in [-0.25, -0.2) is 0 Å². The molecule has 0 aliphatic rings. The lowest BCUT2D eigenvalue weighted by molar-refractivity contribution is 1.29. The van der Waals surface area contributed by atoms with E-state index in [9.17, 15) is 0 Å². The van der Waals surface area contributed by atoms with Gasteiger partial charge in [0.25, 0.3) is 0 Å². The monoisotopic (exact) mass is 1910 g/mol. The van der Waals surface area contributed by atoms with Gasteiger partial charge in [0.2, 0.25) is 0 Å². The van der Waals surface area contributed by atoms with Gasteiger partial charge in [0, 0.05) is 218 Å². The highest BCUT2D eigenvalue weighted by molar-refractivity contribution is 7.28. The summed E-state index contributed by atoms with van der Waals surface area (Å²) in [6.07, 6.45) is 0. The summed E-state index contributed by atoms with van der Waals surface area (Å²) in [5.41, 5.74) is 24.6. The summed E-state index contributed by atoms with van der Waals surface area (Å²) in [6.45, 7) is 6.78. The van der Waals surface area contributed by atoms with Crippen LogP contribution in [0.5, 0.6) is 0 Å². The van der Waals surface area contributed by atoms with E-state index in [1.54, 1.807) is 0 Å². The lowest BCUT2D eigenvalue weighted by atomic mass is 10.0. The Morgan fingerprint density at radius 2 is 0.340 bits per heavy atom. The zero-order valence-corrected chi connectivity index (χ0v) is 82.3. The van der Waals surface area contributed by atoms with Crippen molar-refractivity contribution in [1.29, 1.82) is 0 Å². The lowest BCUT2D eigenvalue weighted by Crippen LogP contribution is -2.10. The van der Waals surface area contributed by atoms with Gasteiger partial charge in [-0.3, -0.25) is 0 Å². The molecule has 6 aromatic heterocycles. The van der Waals surface area contributed by atoms with Crippen LogP contribution in [0.4, 0.5) is 102 Å². The van der Waals surface area contributed by atoms with Crippen molar-refractivity contribution in [1.82, 2.24) is 0 Å². The van der Waals surface area contributed by atoms with Crippen molar-refractivity contribution in [2.75, 3.05) is 29.4 Å². The van der Waals surface area contributed by atoms with E-state index in [2.05, 4.69) is 542 Å². The number of para-hydroxylation sites is 9. The minimum atomic E-state index is 1.14. The van der Waals surface area contributed by atoms with Crippen LogP contribution in [0.1, 0.15) is 16.7 Å². The highest BCUT2D eigenvalue weighted by atomic mass is 32.1. The molecule has 0 aliphatic carbocycles. The molecule has 27 rings (SSSR count). The Kier molecular flexibility index (Phi) is 22.8. The molecular formula is C129H90N6S6. The van der Waals surface area contributed by atoms with Gasteiger partial charge in [-0.1, -0.05) is 231 Å². The topological polar surface area (TPSA) is 19.4 Å². The number of benzene rings is 21. The van der Waals surface area contributed by atoms with Crippen LogP contribution in [0.15, 0.2) is 491 Å². The molecule has 27 aromatic rings. The Morgan fingerprint density at radius 3 is 0.695 bits per heavy atom. The SMILES string of the molecule is Cc1cc(N(c2ccccc2)c2ccc3c(c2)sc2ccccc23)cc2sc3ccc(N(c4ccccc4)c4ccccc4)cc3c12.Cc1cc(N(c2ccccc2)c2ccc3sc4ccccc4c3c2)cc2sc3ccc(N(c4ccccc4)c4ccccc4)cc3c12.Cc1cc(N(c2ccccc2)c2cccc3sc4ccccc4c23)cc2sc3ccc(N(c4ccccc4)c4ccccc4)cc3c12. The first-order chi connectivity index (χ1) is 69.6. The molecular weight excluding hydrogens is 1830 g/mol. The third-order valence-corrected chi connectivity index (χ3v) is 33.5. The number of hydrogen-bond acceptors (Lipinski definition) is 12. The molecule has 6 nitrogen and oxygen atoms in total. The van der Waals surface area contributed by atoms with Gasteiger partial charge in [-0.2, -0.15) is 0 Å². The Balaban J connectivity index is 0.000000111. The minimum absolute atomic E-state index is 1.14. The normalized spacial score (nSPS) is 11.5. The van der Waals surface area contributed by atoms with E-state index in [0.29, 0.717) is 0 Å². The van der Waals surface area contributed by atoms with Gasteiger partial charge in [-0.15, -0.1) is 68.0 Å². The Morgan fingerprint density at radius 1 is 0.121 bits per heavy atom. The molecule has 0 unspecified atom stereocenters. The summed E-state index contributed by atoms with van der Waals surface area (Å²) in [7, 11) is 0. The molecule has 672 valence electrons. The van der Waals surface area contributed by atoms with Gasteiger partial charge in [0.1, 0.15) is 0 Å². The average molecular weight is 1920 g/mol. The average Bonchev–Trinajstić information content (AvgIpc) is 1.60. The van der Waals surface area contributed by atoms with Crippen LogP contribution in [0.3, 0.4) is 0 Å². The quantitative estimate of drug-likeness (QED) is 0.0847. The molecule has 141 heavy (non-hydrogen) atoms. The van der Waals surface area contributed by atoms with Crippen LogP contribution < -0.4 is 29.4 Å². The molecule has 0 saturated carbocycles. The standard InChI is InChI=1S/3C43H30N2S2/c1-29-26-34(45(32-18-9-4-10-19-32)37-21-13-23-40-43(37)35-20-11-12-22-38(35)46-40)28-41-42(29)36-27-33(24-25-39(36)47-41)44(30-14-5-2-6-15-30)31-16-7-3-8-17-31;1-29-25-35(45(32-17-9-4-10-18-32)34-21-23-37-36-19-11-12-20-39(36)46-41(37)27-34)28-42-43(29)38-26-33(22-24-40(38)47-42)44(30-13-5-2-6-14-30)31-15-7-3-8-16-31;1-29-25-35(45(32-17-9-4-10-18-32)33-21-23-40-37(26-33)36-19-11-12-20-39(36)46-40)28-42-43(29)38-27-34(22-24-41(38)47-42)44(30-13-5-2-6-14-30)31-15-7-3-8-16-31/h3*2-28H,1H3. The predicted molar refractivity (Wildman–Crippen MR) is 619 cm³/mol. The highest BCUT2D eigenvalue weighted by Gasteiger charge is 2.27. The van der Waals surface area contributed by atoms with Crippen LogP contribution in [-0.4, -0.2) is 0 Å². The van der Waals surface area contributed by atoms with Crippen molar-refractivity contribution in [3.05, 3.63) is 508 Å². The summed E-state index contributed by atoms with van der Waals surface area (Å²) in [5.74, 6) is 0. The third-order valence-electron chi connectivity index (χ3n) is 26.7. The van der Waals surface area contributed by atoms with E-state index in [0.717, 1.165) is 73.9 Å². The van der Waals surface area contributed by atoms with E-state index in [4.69, 9.17) is 0 Å². The molecule has 0 aliphatic heterocycles. The van der Waals surface area contributed by atoms with E-state index in [1.807, 2.05) is 68.0 Å². The number of anilines is 18. The maximum atomic E-state index is 2.44. The molecule has 0 fully saturated rings. The number of rotatable bonds is 18. The minimum Gasteiger partial charge on any atom is -0.310 e. The fourth-order valence-corrected chi connectivity index (χ4v) is 27.5. The molecule has 0 bridgehead atoms. The molecule has 0 radical (unpaired) electrons. The maximum absolute atomic E-state index is 2.44. The van der Waals surface area contributed by atoms with Crippen LogP contribution in [0.2, 0.25) is 0 Å². The van der Waals surface area contributed by atoms with E-state index < -0.39 is 0 Å². The van der Waals surface area contributed by atoms with Crippen LogP contribution in [-0.2, 0) is 0 Å². The zero-order valence-electron chi connectivity index (χ0n) is 77.4. The third kappa shape index (κ3) is 16.3. The van der Waals surface area contributed by atoms with Gasteiger partial charge in [-0.05, 0) is 298 Å². The summed E-state index contributed by atoms with van der Waals surface area (Å²) in [6, 6.07) is 178. The van der Waals surface area contributed by atoms with Gasteiger partial charge < -0.3 is 29.4 Å². The number of fused-ring (bicyclic) bond motifs is 18. The zero-order chi connectivity index (χ0) is 94.0. The first kappa shape index (κ1) is 86.3. The van der Waals surface area contributed by atoms with Crippen molar-refractivity contribution in [2.24, 2.45) is 0 Å². The lowest BCUT2D eigenvalue weighted by Gasteiger charge is -2.27. The fourth-order valence-electron chi connectivity index (χ4n) is 20.6. The second kappa shape index (κ2) is 37.2. The largest absolute Gasteiger partial charge is 0.310 e. The van der Waals surface area contributed by atoms with Crippen LogP contribution in [0.25, 0.3) is 121 Å². The molecule has 0 saturated heterocycles. The van der Waals surface area contributed by atoms with Crippen molar-refractivity contribution in [3.63, 3.8) is 0 Å². The summed E-state index contributed by atoms with van der Waals surface area (Å²) < 4.78 is 15.6. The van der Waals surface area contributed by atoms with Gasteiger partial charge in [0.15, 0.2) is 0 Å². The molecule has 0 N–H and O–H groups in total. The number of thiophene rings is 6. The van der Waals surface area contributed by atoms with Crippen LogP contribution in [0, 0.1) is 20.8 Å². The smallest absolute Gasteiger partial charge is 0.0554 e. The summed E-state index contributed by atoms with van der Waals surface area (Å²) >= 11 is 11.2. The van der Waals surface area contributed by atoms with Gasteiger partial charge >= 0.3 is 0 Å². The van der Waals surface area contributed by atoms with E-state index >= 15 is 0 Å². The maximum Gasteiger partial charge on any atom is 0.0554 e. The summed E-state index contributed by atoms with van der Waals surface area (Å²) in [5, 5.41) is 15.7. The second-order valence-electron chi connectivity index (χ2n) is 35.6. The van der Waals surface area contributed by atoms with Crippen molar-refractivity contribution in [2.45, 2.75) is 20.8 Å². The second-order valence-corrected chi connectivity index (χ2v) is 42.1. The fraction of sp³-hybridized carbons (Fsp3) is 0.0233. The van der Waals surface area contributed by atoms with Crippen molar-refractivity contribution < 1.29 is 0 Å². The Bertz CT molecular complexity index is 9190. The predicted octanol–water partition coefficient (Wildman–Crippen LogP) is 41.0.